The first-order valence-corrected chi connectivity index (χ1v) is 5.97. The van der Waals surface area contributed by atoms with Crippen LogP contribution in [-0.4, -0.2) is 36.3 Å². The first kappa shape index (κ1) is 16.3. The number of nitrogens with one attached hydrogen (secondary N) is 1. The summed E-state index contributed by atoms with van der Waals surface area (Å²) < 4.78 is 41.0. The number of amides is 1. The van der Waals surface area contributed by atoms with E-state index in [9.17, 15) is 22.8 Å². The van der Waals surface area contributed by atoms with E-state index in [1.807, 2.05) is 0 Å². The Balaban J connectivity index is 2.62. The highest BCUT2D eigenvalue weighted by atomic mass is 79.9. The summed E-state index contributed by atoms with van der Waals surface area (Å²) in [6.45, 7) is -2.18. The van der Waals surface area contributed by atoms with Crippen molar-refractivity contribution < 1.29 is 32.6 Å². The van der Waals surface area contributed by atoms with Crippen LogP contribution in [0.2, 0.25) is 0 Å². The van der Waals surface area contributed by atoms with Crippen LogP contribution in [0.25, 0.3) is 0 Å². The summed E-state index contributed by atoms with van der Waals surface area (Å²) in [5.41, 5.74) is -0.206. The third-order valence-corrected chi connectivity index (χ3v) is 2.51. The Morgan fingerprint density at radius 3 is 2.55 bits per heavy atom. The van der Waals surface area contributed by atoms with Crippen molar-refractivity contribution in [2.45, 2.75) is 6.18 Å². The summed E-state index contributed by atoms with van der Waals surface area (Å²) in [5, 5.41) is 10.5. The lowest BCUT2D eigenvalue weighted by atomic mass is 10.2. The molecule has 0 aliphatic rings. The van der Waals surface area contributed by atoms with E-state index in [0.29, 0.717) is 4.47 Å². The second-order valence-corrected chi connectivity index (χ2v) is 4.54. The number of carboxylic acid groups (broad SMARTS) is 1. The van der Waals surface area contributed by atoms with E-state index in [-0.39, 0.29) is 11.3 Å². The molecule has 9 heteroatoms. The van der Waals surface area contributed by atoms with Gasteiger partial charge in [0, 0.05) is 4.47 Å². The molecule has 1 aromatic carbocycles. The maximum absolute atomic E-state index is 11.9. The fraction of sp³-hybridized carbons (Fsp3) is 0.273. The predicted molar refractivity (Wildman–Crippen MR) is 65.7 cm³/mol. The molecule has 0 fully saturated rings. The van der Waals surface area contributed by atoms with E-state index in [2.05, 4.69) is 15.9 Å². The molecule has 0 aliphatic carbocycles. The van der Waals surface area contributed by atoms with Crippen LogP contribution < -0.4 is 10.1 Å². The minimum atomic E-state index is -4.51. The van der Waals surface area contributed by atoms with E-state index in [1.165, 1.54) is 18.2 Å². The van der Waals surface area contributed by atoms with Gasteiger partial charge in [-0.2, -0.15) is 13.2 Å². The summed E-state index contributed by atoms with van der Waals surface area (Å²) >= 11 is 3.07. The van der Waals surface area contributed by atoms with Crippen LogP contribution >= 0.6 is 15.9 Å². The highest BCUT2D eigenvalue weighted by Gasteiger charge is 2.27. The van der Waals surface area contributed by atoms with Crippen molar-refractivity contribution >= 4 is 27.8 Å². The molecule has 5 nitrogen and oxygen atoms in total. The number of aromatic carboxylic acids is 1. The van der Waals surface area contributed by atoms with Crippen LogP contribution in [0, 0.1) is 0 Å². The van der Waals surface area contributed by atoms with Crippen molar-refractivity contribution in [2.24, 2.45) is 0 Å². The van der Waals surface area contributed by atoms with Gasteiger partial charge >= 0.3 is 12.1 Å². The number of carboxylic acids is 1. The number of rotatable bonds is 5. The summed E-state index contributed by atoms with van der Waals surface area (Å²) in [6, 6.07) is 4.03. The van der Waals surface area contributed by atoms with Gasteiger partial charge in [0.2, 0.25) is 0 Å². The summed E-state index contributed by atoms with van der Waals surface area (Å²) in [6.07, 6.45) is -4.51. The maximum Gasteiger partial charge on any atom is 0.405 e. The van der Waals surface area contributed by atoms with E-state index in [0.717, 1.165) is 0 Å². The van der Waals surface area contributed by atoms with Gasteiger partial charge in [0.1, 0.15) is 17.9 Å². The molecule has 0 atom stereocenters. The first-order valence-electron chi connectivity index (χ1n) is 5.18. The second kappa shape index (κ2) is 6.60. The monoisotopic (exact) mass is 355 g/mol. The first-order chi connectivity index (χ1) is 9.19. The molecule has 0 spiro atoms. The molecule has 0 unspecified atom stereocenters. The number of carbonyl (C=O) groups is 2. The normalized spacial score (nSPS) is 11.0. The Kier molecular flexibility index (Phi) is 5.37. The Labute approximate surface area is 119 Å². The van der Waals surface area contributed by atoms with E-state index >= 15 is 0 Å². The molecule has 0 radical (unpaired) electrons. The second-order valence-electron chi connectivity index (χ2n) is 3.63. The molecular formula is C11H9BrF3NO4. The van der Waals surface area contributed by atoms with Gasteiger partial charge in [-0.1, -0.05) is 15.9 Å². The minimum Gasteiger partial charge on any atom is -0.483 e. The number of halogens is 4. The van der Waals surface area contributed by atoms with E-state index < -0.39 is 31.2 Å². The van der Waals surface area contributed by atoms with Gasteiger partial charge < -0.3 is 15.2 Å². The quantitative estimate of drug-likeness (QED) is 0.848. The lowest BCUT2D eigenvalue weighted by Gasteiger charge is -2.11. The predicted octanol–water partition coefficient (Wildman–Crippen LogP) is 2.20. The maximum atomic E-state index is 11.9. The molecular weight excluding hydrogens is 347 g/mol. The van der Waals surface area contributed by atoms with E-state index in [1.54, 1.807) is 5.32 Å². The van der Waals surface area contributed by atoms with Gasteiger partial charge in [0.25, 0.3) is 5.91 Å². The lowest BCUT2D eigenvalue weighted by molar-refractivity contribution is -0.139. The Hall–Kier alpha value is -1.77. The van der Waals surface area contributed by atoms with Crippen molar-refractivity contribution in [3.8, 4) is 5.75 Å². The van der Waals surface area contributed by atoms with Crippen LogP contribution in [0.5, 0.6) is 5.75 Å². The smallest absolute Gasteiger partial charge is 0.405 e. The van der Waals surface area contributed by atoms with Crippen molar-refractivity contribution in [2.75, 3.05) is 13.2 Å². The van der Waals surface area contributed by atoms with Crippen molar-refractivity contribution in [3.63, 3.8) is 0 Å². The van der Waals surface area contributed by atoms with Crippen molar-refractivity contribution in [1.29, 1.82) is 0 Å². The molecule has 0 saturated heterocycles. The van der Waals surface area contributed by atoms with Gasteiger partial charge in [-0.15, -0.1) is 0 Å². The van der Waals surface area contributed by atoms with E-state index in [4.69, 9.17) is 9.84 Å². The van der Waals surface area contributed by atoms with Gasteiger partial charge in [0.05, 0.1) is 0 Å². The molecule has 1 rings (SSSR count). The Bertz CT molecular complexity index is 519. The molecule has 20 heavy (non-hydrogen) atoms. The Morgan fingerprint density at radius 2 is 2.00 bits per heavy atom. The zero-order valence-corrected chi connectivity index (χ0v) is 11.4. The van der Waals surface area contributed by atoms with Gasteiger partial charge in [-0.3, -0.25) is 4.79 Å². The van der Waals surface area contributed by atoms with Crippen LogP contribution in [0.15, 0.2) is 22.7 Å². The fourth-order valence-electron chi connectivity index (χ4n) is 1.19. The zero-order valence-electron chi connectivity index (χ0n) is 9.83. The van der Waals surface area contributed by atoms with Crippen LogP contribution in [0.4, 0.5) is 13.2 Å². The summed E-state index contributed by atoms with van der Waals surface area (Å²) in [5.74, 6) is -2.39. The average molecular weight is 356 g/mol. The minimum absolute atomic E-state index is 0.108. The van der Waals surface area contributed by atoms with Crippen LogP contribution in [0.1, 0.15) is 10.4 Å². The average Bonchev–Trinajstić information content (AvgIpc) is 2.33. The van der Waals surface area contributed by atoms with Crippen LogP contribution in [-0.2, 0) is 4.79 Å². The third kappa shape index (κ3) is 5.47. The topological polar surface area (TPSA) is 75.6 Å². The molecule has 0 heterocycles. The molecule has 1 aromatic rings. The highest BCUT2D eigenvalue weighted by molar-refractivity contribution is 9.10. The van der Waals surface area contributed by atoms with Gasteiger partial charge in [0.15, 0.2) is 6.61 Å². The number of alkyl halides is 3. The molecule has 0 saturated carbocycles. The molecule has 0 aliphatic heterocycles. The third-order valence-electron chi connectivity index (χ3n) is 2.02. The van der Waals surface area contributed by atoms with Crippen LogP contribution in [0.3, 0.4) is 0 Å². The number of hydrogen-bond acceptors (Lipinski definition) is 3. The molecule has 0 bridgehead atoms. The van der Waals surface area contributed by atoms with Gasteiger partial charge in [-0.05, 0) is 18.2 Å². The molecule has 0 aromatic heterocycles. The van der Waals surface area contributed by atoms with Crippen molar-refractivity contribution in [3.05, 3.63) is 28.2 Å². The standard InChI is InChI=1S/C11H9BrF3NO4/c12-6-1-2-8(7(3-6)10(18)19)20-4-9(17)16-5-11(13,14)15/h1-3H,4-5H2,(H,16,17)(H,18,19). The number of benzene rings is 1. The van der Waals surface area contributed by atoms with Gasteiger partial charge in [-0.25, -0.2) is 4.79 Å². The van der Waals surface area contributed by atoms with Crippen molar-refractivity contribution in [1.82, 2.24) is 5.32 Å². The lowest BCUT2D eigenvalue weighted by Crippen LogP contribution is -2.36. The SMILES string of the molecule is O=C(COc1ccc(Br)cc1C(=O)O)NCC(F)(F)F. The highest BCUT2D eigenvalue weighted by Crippen LogP contribution is 2.23. The number of carbonyl (C=O) groups excluding carboxylic acids is 1. The summed E-state index contributed by atoms with van der Waals surface area (Å²) in [7, 11) is 0. The molecule has 1 amide bonds. The Morgan fingerprint density at radius 1 is 1.35 bits per heavy atom. The zero-order chi connectivity index (χ0) is 15.3. The number of ether oxygens (including phenoxy) is 1. The summed E-state index contributed by atoms with van der Waals surface area (Å²) in [4.78, 5) is 22.0. The molecule has 2 N–H and O–H groups in total. The molecule has 110 valence electrons. The number of hydrogen-bond donors (Lipinski definition) is 2. The largest absolute Gasteiger partial charge is 0.483 e. The fourth-order valence-corrected chi connectivity index (χ4v) is 1.55.